The number of nitrogens with one attached hydrogen (secondary N) is 2. The Morgan fingerprint density at radius 2 is 1.87 bits per heavy atom. The van der Waals surface area contributed by atoms with Gasteiger partial charge in [0.15, 0.2) is 5.96 Å². The fourth-order valence-corrected chi connectivity index (χ4v) is 2.59. The first-order valence-electron chi connectivity index (χ1n) is 8.94. The molecule has 0 aromatic carbocycles. The van der Waals surface area contributed by atoms with Gasteiger partial charge in [-0.3, -0.25) is 9.89 Å². The van der Waals surface area contributed by atoms with Crippen molar-refractivity contribution in [1.82, 2.24) is 15.5 Å². The van der Waals surface area contributed by atoms with Crippen LogP contribution in [0, 0.1) is 11.8 Å². The van der Waals surface area contributed by atoms with Crippen LogP contribution in [-0.2, 0) is 4.74 Å². The number of ether oxygens (including phenoxy) is 1. The Bertz CT molecular complexity index is 307. The lowest BCUT2D eigenvalue weighted by atomic mass is 10.1. The second kappa shape index (κ2) is 14.3. The van der Waals surface area contributed by atoms with Gasteiger partial charge in [0, 0.05) is 39.3 Å². The second-order valence-electron chi connectivity index (χ2n) is 6.70. The molecule has 0 spiro atoms. The minimum Gasteiger partial charge on any atom is -0.379 e. The van der Waals surface area contributed by atoms with E-state index >= 15 is 0 Å². The van der Waals surface area contributed by atoms with Gasteiger partial charge in [-0.15, -0.1) is 24.0 Å². The highest BCUT2D eigenvalue weighted by Gasteiger charge is 2.13. The van der Waals surface area contributed by atoms with E-state index in [1.54, 1.807) is 0 Å². The van der Waals surface area contributed by atoms with Crippen molar-refractivity contribution < 1.29 is 4.74 Å². The minimum atomic E-state index is 0. The summed E-state index contributed by atoms with van der Waals surface area (Å²) in [6.45, 7) is 16.7. The molecule has 0 bridgehead atoms. The molecule has 2 N–H and O–H groups in total. The largest absolute Gasteiger partial charge is 0.379 e. The maximum Gasteiger partial charge on any atom is 0.191 e. The highest BCUT2D eigenvalue weighted by molar-refractivity contribution is 14.0. The molecule has 0 amide bonds. The topological polar surface area (TPSA) is 48.9 Å². The molecule has 5 nitrogen and oxygen atoms in total. The molecular formula is C17H37IN4O. The van der Waals surface area contributed by atoms with Crippen molar-refractivity contribution in [3.63, 3.8) is 0 Å². The molecule has 1 rings (SSSR count). The maximum absolute atomic E-state index is 5.39. The molecule has 1 saturated heterocycles. The SMILES string of the molecule is CCNC(=NCC(C)CN1CCOCC1)NCCCC(C)C.I. The molecule has 1 aliphatic heterocycles. The number of hydrogen-bond acceptors (Lipinski definition) is 3. The summed E-state index contributed by atoms with van der Waals surface area (Å²) in [6.07, 6.45) is 2.46. The van der Waals surface area contributed by atoms with Gasteiger partial charge in [0.05, 0.1) is 13.2 Å². The Morgan fingerprint density at radius 3 is 2.48 bits per heavy atom. The molecular weight excluding hydrogens is 403 g/mol. The van der Waals surface area contributed by atoms with Crippen LogP contribution in [-0.4, -0.2) is 63.3 Å². The normalized spacial score (nSPS) is 17.7. The molecule has 1 atom stereocenters. The monoisotopic (exact) mass is 440 g/mol. The van der Waals surface area contributed by atoms with Crippen molar-refractivity contribution in [3.8, 4) is 0 Å². The number of halogens is 1. The zero-order valence-corrected chi connectivity index (χ0v) is 17.8. The average molecular weight is 440 g/mol. The minimum absolute atomic E-state index is 0. The van der Waals surface area contributed by atoms with Crippen LogP contribution in [0.3, 0.4) is 0 Å². The van der Waals surface area contributed by atoms with Gasteiger partial charge in [-0.05, 0) is 31.6 Å². The van der Waals surface area contributed by atoms with Gasteiger partial charge in [0.25, 0.3) is 0 Å². The number of guanidine groups is 1. The summed E-state index contributed by atoms with van der Waals surface area (Å²) in [4.78, 5) is 7.21. The zero-order valence-electron chi connectivity index (χ0n) is 15.4. The van der Waals surface area contributed by atoms with Crippen LogP contribution >= 0.6 is 24.0 Å². The number of nitrogens with zero attached hydrogens (tertiary/aromatic N) is 2. The van der Waals surface area contributed by atoms with Gasteiger partial charge < -0.3 is 15.4 Å². The van der Waals surface area contributed by atoms with E-state index in [-0.39, 0.29) is 24.0 Å². The Hall–Kier alpha value is -0.0800. The fraction of sp³-hybridized carbons (Fsp3) is 0.941. The van der Waals surface area contributed by atoms with Gasteiger partial charge in [-0.25, -0.2) is 0 Å². The van der Waals surface area contributed by atoms with Crippen molar-refractivity contribution in [2.24, 2.45) is 16.8 Å². The summed E-state index contributed by atoms with van der Waals surface area (Å²) in [7, 11) is 0. The first kappa shape index (κ1) is 22.9. The van der Waals surface area contributed by atoms with Crippen molar-refractivity contribution in [1.29, 1.82) is 0 Å². The molecule has 138 valence electrons. The first-order chi connectivity index (χ1) is 10.6. The van der Waals surface area contributed by atoms with E-state index in [0.29, 0.717) is 5.92 Å². The lowest BCUT2D eigenvalue weighted by molar-refractivity contribution is 0.0323. The third-order valence-electron chi connectivity index (χ3n) is 3.83. The second-order valence-corrected chi connectivity index (χ2v) is 6.70. The van der Waals surface area contributed by atoms with Crippen molar-refractivity contribution in [2.75, 3.05) is 52.5 Å². The summed E-state index contributed by atoms with van der Waals surface area (Å²) >= 11 is 0. The van der Waals surface area contributed by atoms with Crippen molar-refractivity contribution in [3.05, 3.63) is 0 Å². The maximum atomic E-state index is 5.39. The van der Waals surface area contributed by atoms with E-state index in [0.717, 1.165) is 64.4 Å². The summed E-state index contributed by atoms with van der Waals surface area (Å²) in [6, 6.07) is 0. The Kier molecular flexibility index (Phi) is 14.2. The van der Waals surface area contributed by atoms with E-state index in [4.69, 9.17) is 9.73 Å². The molecule has 1 aliphatic rings. The van der Waals surface area contributed by atoms with Crippen LogP contribution in [0.15, 0.2) is 4.99 Å². The molecule has 1 fully saturated rings. The summed E-state index contributed by atoms with van der Waals surface area (Å²) < 4.78 is 5.39. The van der Waals surface area contributed by atoms with Gasteiger partial charge >= 0.3 is 0 Å². The molecule has 0 aliphatic carbocycles. The van der Waals surface area contributed by atoms with Crippen molar-refractivity contribution >= 4 is 29.9 Å². The third kappa shape index (κ3) is 12.0. The Morgan fingerprint density at radius 1 is 1.17 bits per heavy atom. The molecule has 0 radical (unpaired) electrons. The van der Waals surface area contributed by atoms with Crippen LogP contribution in [0.1, 0.15) is 40.5 Å². The zero-order chi connectivity index (χ0) is 16.2. The Labute approximate surface area is 160 Å². The van der Waals surface area contributed by atoms with Crippen LogP contribution < -0.4 is 10.6 Å². The summed E-state index contributed by atoms with van der Waals surface area (Å²) in [5.74, 6) is 2.30. The predicted molar refractivity (Wildman–Crippen MR) is 110 cm³/mol. The van der Waals surface area contributed by atoms with E-state index in [2.05, 4.69) is 43.2 Å². The number of hydrogen-bond donors (Lipinski definition) is 2. The lowest BCUT2D eigenvalue weighted by Crippen LogP contribution is -2.40. The standard InChI is InChI=1S/C17H36N4O.HI/c1-5-18-17(19-8-6-7-15(2)3)20-13-16(4)14-21-9-11-22-12-10-21;/h15-16H,5-14H2,1-4H3,(H2,18,19,20);1H. The van der Waals surface area contributed by atoms with Gasteiger partial charge in [-0.2, -0.15) is 0 Å². The van der Waals surface area contributed by atoms with Gasteiger partial charge in [-0.1, -0.05) is 20.8 Å². The van der Waals surface area contributed by atoms with Gasteiger partial charge in [0.2, 0.25) is 0 Å². The van der Waals surface area contributed by atoms with Crippen molar-refractivity contribution in [2.45, 2.75) is 40.5 Å². The highest BCUT2D eigenvalue weighted by atomic mass is 127. The molecule has 6 heteroatoms. The quantitative estimate of drug-likeness (QED) is 0.251. The molecule has 23 heavy (non-hydrogen) atoms. The number of aliphatic imine (C=N–C) groups is 1. The molecule has 0 aromatic rings. The predicted octanol–water partition coefficient (Wildman–Crippen LogP) is 2.56. The summed E-state index contributed by atoms with van der Waals surface area (Å²) in [5.41, 5.74) is 0. The molecule has 1 heterocycles. The summed E-state index contributed by atoms with van der Waals surface area (Å²) in [5, 5.41) is 6.78. The molecule has 1 unspecified atom stereocenters. The van der Waals surface area contributed by atoms with E-state index < -0.39 is 0 Å². The average Bonchev–Trinajstić information content (AvgIpc) is 2.49. The molecule has 0 saturated carbocycles. The van der Waals surface area contributed by atoms with Crippen LogP contribution in [0.5, 0.6) is 0 Å². The van der Waals surface area contributed by atoms with Gasteiger partial charge in [0.1, 0.15) is 0 Å². The Balaban J connectivity index is 0.00000484. The van der Waals surface area contributed by atoms with Crippen LogP contribution in [0.25, 0.3) is 0 Å². The fourth-order valence-electron chi connectivity index (χ4n) is 2.59. The van der Waals surface area contributed by atoms with E-state index in [9.17, 15) is 0 Å². The van der Waals surface area contributed by atoms with E-state index in [1.165, 1.54) is 12.8 Å². The van der Waals surface area contributed by atoms with Crippen LogP contribution in [0.2, 0.25) is 0 Å². The van der Waals surface area contributed by atoms with E-state index in [1.807, 2.05) is 0 Å². The van der Waals surface area contributed by atoms with Crippen LogP contribution in [0.4, 0.5) is 0 Å². The molecule has 0 aromatic heterocycles. The number of morpholine rings is 1. The number of rotatable bonds is 9. The first-order valence-corrected chi connectivity index (χ1v) is 8.94. The lowest BCUT2D eigenvalue weighted by Gasteiger charge is -2.28. The smallest absolute Gasteiger partial charge is 0.191 e. The third-order valence-corrected chi connectivity index (χ3v) is 3.83. The highest BCUT2D eigenvalue weighted by Crippen LogP contribution is 2.04.